The number of rotatable bonds is 1. The van der Waals surface area contributed by atoms with Crippen molar-refractivity contribution in [3.05, 3.63) is 27.8 Å². The zero-order valence-electron chi connectivity index (χ0n) is 7.42. The number of hydrogen-bond donors (Lipinski definition) is 2. The van der Waals surface area contributed by atoms with Gasteiger partial charge in [0.2, 0.25) is 0 Å². The molecule has 0 spiro atoms. The van der Waals surface area contributed by atoms with Crippen LogP contribution < -0.4 is 17.1 Å². The van der Waals surface area contributed by atoms with Crippen LogP contribution in [0.25, 0.3) is 0 Å². The maximum Gasteiger partial charge on any atom is 0.433 e. The van der Waals surface area contributed by atoms with Crippen molar-refractivity contribution in [3.63, 3.8) is 0 Å². The first kappa shape index (κ1) is 12.1. The summed E-state index contributed by atoms with van der Waals surface area (Å²) in [7, 11) is 0. The molecule has 0 aromatic carbocycles. The van der Waals surface area contributed by atoms with Crippen molar-refractivity contribution in [3.8, 4) is 0 Å². The average molecular weight is 285 g/mol. The van der Waals surface area contributed by atoms with Crippen molar-refractivity contribution in [1.29, 1.82) is 0 Å². The Balaban J connectivity index is 3.49. The van der Waals surface area contributed by atoms with Crippen LogP contribution in [0.15, 0.2) is 21.6 Å². The zero-order valence-corrected chi connectivity index (χ0v) is 9.01. The van der Waals surface area contributed by atoms with Crippen molar-refractivity contribution >= 4 is 15.9 Å². The highest BCUT2D eigenvalue weighted by Crippen LogP contribution is 2.27. The first-order valence-corrected chi connectivity index (χ1v) is 4.61. The molecule has 0 amide bonds. The second-order valence-electron chi connectivity index (χ2n) is 2.60. The fourth-order valence-electron chi connectivity index (χ4n) is 1.01. The molecule has 1 rings (SSSR count). The number of aromatic nitrogens is 1. The van der Waals surface area contributed by atoms with Crippen molar-refractivity contribution in [2.45, 2.75) is 6.18 Å². The van der Waals surface area contributed by atoms with Gasteiger partial charge in [0.25, 0.3) is 0 Å². The summed E-state index contributed by atoms with van der Waals surface area (Å²) >= 11 is 3.03. The summed E-state index contributed by atoms with van der Waals surface area (Å²) in [6.07, 6.45) is -4.52. The topological polar surface area (TPSA) is 69.3 Å². The summed E-state index contributed by atoms with van der Waals surface area (Å²) in [6, 6.07) is 2.08. The van der Waals surface area contributed by atoms with Gasteiger partial charge in [-0.25, -0.2) is 4.68 Å². The Labute approximate surface area is 91.5 Å². The molecule has 1 aromatic heterocycles. The van der Waals surface area contributed by atoms with E-state index in [1.807, 2.05) is 0 Å². The van der Waals surface area contributed by atoms with Gasteiger partial charge < -0.3 is 11.6 Å². The number of nitrogens with zero attached hydrogens (tertiary/aromatic N) is 2. The lowest BCUT2D eigenvalue weighted by molar-refractivity contribution is -0.143. The monoisotopic (exact) mass is 284 g/mol. The Hall–Kier alpha value is -1.02. The van der Waals surface area contributed by atoms with Crippen LogP contribution in [0.5, 0.6) is 0 Å². The maximum absolute atomic E-state index is 12.4. The van der Waals surface area contributed by atoms with E-state index in [9.17, 15) is 13.2 Å². The fourth-order valence-corrected chi connectivity index (χ4v) is 1.45. The van der Waals surface area contributed by atoms with Gasteiger partial charge in [0.15, 0.2) is 5.49 Å². The zero-order chi connectivity index (χ0) is 11.6. The third-order valence-corrected chi connectivity index (χ3v) is 2.24. The molecule has 0 aliphatic heterocycles. The smallest absolute Gasteiger partial charge is 0.337 e. The van der Waals surface area contributed by atoms with Crippen molar-refractivity contribution < 1.29 is 13.2 Å². The number of nitrogens with two attached hydrogens (primary N) is 2. The maximum atomic E-state index is 12.4. The molecule has 1 heterocycles. The Kier molecular flexibility index (Phi) is 3.40. The van der Waals surface area contributed by atoms with Gasteiger partial charge in [0.05, 0.1) is 11.1 Å². The van der Waals surface area contributed by atoms with Gasteiger partial charge in [-0.15, -0.1) is 0 Å². The van der Waals surface area contributed by atoms with Crippen molar-refractivity contribution in [2.24, 2.45) is 10.7 Å². The minimum atomic E-state index is -4.52. The molecule has 0 unspecified atom stereocenters. The predicted octanol–water partition coefficient (Wildman–Crippen LogP) is 0.800. The molecular formula is C7H8BrF3N4. The lowest BCUT2D eigenvalue weighted by atomic mass is 10.3. The number of pyridine rings is 1. The van der Waals surface area contributed by atoms with E-state index in [2.05, 4.69) is 20.9 Å². The van der Waals surface area contributed by atoms with Crippen LogP contribution in [0.3, 0.4) is 0 Å². The molecule has 84 valence electrons. The summed E-state index contributed by atoms with van der Waals surface area (Å²) in [6.45, 7) is -0.142. The Morgan fingerprint density at radius 2 is 2.00 bits per heavy atom. The Morgan fingerprint density at radius 3 is 2.47 bits per heavy atom. The SMILES string of the molecule is NC/N=c1/c(Br)ccc(C(F)(F)F)n1N. The number of hydrogen-bond acceptors (Lipinski definition) is 3. The average Bonchev–Trinajstić information content (AvgIpc) is 2.09. The van der Waals surface area contributed by atoms with E-state index in [0.29, 0.717) is 9.15 Å². The van der Waals surface area contributed by atoms with E-state index >= 15 is 0 Å². The van der Waals surface area contributed by atoms with Crippen LogP contribution >= 0.6 is 15.9 Å². The summed E-state index contributed by atoms with van der Waals surface area (Å²) in [5.41, 5.74) is 4.08. The van der Waals surface area contributed by atoms with Crippen LogP contribution in [0.2, 0.25) is 0 Å². The van der Waals surface area contributed by atoms with Crippen LogP contribution in [0.4, 0.5) is 13.2 Å². The summed E-state index contributed by atoms with van der Waals surface area (Å²) in [5.74, 6) is 5.27. The quantitative estimate of drug-likeness (QED) is 0.749. The van der Waals surface area contributed by atoms with E-state index in [4.69, 9.17) is 11.6 Å². The van der Waals surface area contributed by atoms with Crippen LogP contribution in [-0.2, 0) is 6.18 Å². The van der Waals surface area contributed by atoms with Crippen LogP contribution in [0.1, 0.15) is 5.69 Å². The lowest BCUT2D eigenvalue weighted by Crippen LogP contribution is -2.35. The highest BCUT2D eigenvalue weighted by Gasteiger charge is 2.33. The van der Waals surface area contributed by atoms with Crippen LogP contribution in [0, 0.1) is 0 Å². The molecule has 0 bridgehead atoms. The molecule has 0 saturated heterocycles. The first-order chi connectivity index (χ1) is 6.88. The molecule has 8 heteroatoms. The van der Waals surface area contributed by atoms with E-state index in [1.165, 1.54) is 6.07 Å². The Bertz CT molecular complexity index is 423. The molecule has 0 aliphatic rings. The van der Waals surface area contributed by atoms with E-state index in [0.717, 1.165) is 6.07 Å². The molecular weight excluding hydrogens is 277 g/mol. The van der Waals surface area contributed by atoms with E-state index in [1.54, 1.807) is 0 Å². The first-order valence-electron chi connectivity index (χ1n) is 3.82. The van der Waals surface area contributed by atoms with Gasteiger partial charge in [-0.05, 0) is 28.1 Å². The summed E-state index contributed by atoms with van der Waals surface area (Å²) in [4.78, 5) is 3.65. The summed E-state index contributed by atoms with van der Waals surface area (Å²) < 4.78 is 38.0. The van der Waals surface area contributed by atoms with Gasteiger partial charge >= 0.3 is 6.18 Å². The fraction of sp³-hybridized carbons (Fsp3) is 0.286. The molecule has 0 fully saturated rings. The van der Waals surface area contributed by atoms with E-state index < -0.39 is 11.9 Å². The molecule has 4 N–H and O–H groups in total. The minimum absolute atomic E-state index is 0.0488. The standard InChI is InChI=1S/C7H8BrF3N4/c8-4-1-2-5(7(9,10)11)15(13)6(4)14-3-12/h1-2H,3,12-13H2/b14-6-. The number of nitrogen functional groups attached to an aromatic ring is 1. The molecule has 0 atom stereocenters. The van der Waals surface area contributed by atoms with Gasteiger partial charge in [-0.1, -0.05) is 0 Å². The summed E-state index contributed by atoms with van der Waals surface area (Å²) in [5, 5.41) is 0. The Morgan fingerprint density at radius 1 is 1.40 bits per heavy atom. The lowest BCUT2D eigenvalue weighted by Gasteiger charge is -2.12. The normalized spacial score (nSPS) is 13.3. The van der Waals surface area contributed by atoms with Crippen molar-refractivity contribution in [1.82, 2.24) is 4.68 Å². The highest BCUT2D eigenvalue weighted by molar-refractivity contribution is 9.10. The minimum Gasteiger partial charge on any atom is -0.337 e. The van der Waals surface area contributed by atoms with Gasteiger partial charge in [-0.2, -0.15) is 13.2 Å². The molecule has 0 aliphatic carbocycles. The molecule has 0 radical (unpaired) electrons. The van der Waals surface area contributed by atoms with E-state index in [-0.39, 0.29) is 12.2 Å². The van der Waals surface area contributed by atoms with Crippen LogP contribution in [-0.4, -0.2) is 11.3 Å². The molecule has 0 saturated carbocycles. The van der Waals surface area contributed by atoms with Gasteiger partial charge in [-0.3, -0.25) is 4.99 Å². The second kappa shape index (κ2) is 4.23. The number of halogens is 4. The predicted molar refractivity (Wildman–Crippen MR) is 51.9 cm³/mol. The highest BCUT2D eigenvalue weighted by atomic mass is 79.9. The second-order valence-corrected chi connectivity index (χ2v) is 3.45. The molecule has 15 heavy (non-hydrogen) atoms. The third-order valence-electron chi connectivity index (χ3n) is 1.62. The number of alkyl halides is 3. The molecule has 1 aromatic rings. The third kappa shape index (κ3) is 2.51. The van der Waals surface area contributed by atoms with Gasteiger partial charge in [0, 0.05) is 0 Å². The van der Waals surface area contributed by atoms with Crippen molar-refractivity contribution in [2.75, 3.05) is 12.5 Å². The van der Waals surface area contributed by atoms with Gasteiger partial charge in [0.1, 0.15) is 5.69 Å². The molecule has 4 nitrogen and oxygen atoms in total. The largest absolute Gasteiger partial charge is 0.433 e.